The molecule has 1 aliphatic rings. The minimum absolute atomic E-state index is 0.0614. The van der Waals surface area contributed by atoms with E-state index in [1.54, 1.807) is 30.3 Å². The number of carbonyl (C=O) groups excluding carboxylic acids is 3. The number of nitro groups is 1. The van der Waals surface area contributed by atoms with Crippen molar-refractivity contribution in [2.45, 2.75) is 12.8 Å². The number of fused-ring (bicyclic) bond motifs is 1. The Bertz CT molecular complexity index is 963. The summed E-state index contributed by atoms with van der Waals surface area (Å²) >= 11 is 0. The van der Waals surface area contributed by atoms with Gasteiger partial charge in [-0.05, 0) is 36.6 Å². The minimum atomic E-state index is -0.572. The Morgan fingerprint density at radius 3 is 2.38 bits per heavy atom. The molecule has 0 aliphatic carbocycles. The van der Waals surface area contributed by atoms with Crippen molar-refractivity contribution in [1.29, 1.82) is 0 Å². The highest BCUT2D eigenvalue weighted by molar-refractivity contribution is 6.21. The van der Waals surface area contributed by atoms with Gasteiger partial charge in [-0.15, -0.1) is 0 Å². The van der Waals surface area contributed by atoms with Crippen LogP contribution in [0.3, 0.4) is 0 Å². The van der Waals surface area contributed by atoms with Gasteiger partial charge in [0.2, 0.25) is 0 Å². The maximum atomic E-state index is 12.2. The van der Waals surface area contributed by atoms with Crippen LogP contribution in [-0.2, 0) is 9.53 Å². The molecule has 8 heteroatoms. The lowest BCUT2D eigenvalue weighted by Crippen LogP contribution is -2.30. The van der Waals surface area contributed by atoms with E-state index in [0.717, 1.165) is 0 Å². The van der Waals surface area contributed by atoms with Gasteiger partial charge in [0, 0.05) is 24.8 Å². The summed E-state index contributed by atoms with van der Waals surface area (Å²) in [7, 11) is 0. The largest absolute Gasteiger partial charge is 0.463 e. The summed E-state index contributed by atoms with van der Waals surface area (Å²) < 4.78 is 5.07. The van der Waals surface area contributed by atoms with Crippen molar-refractivity contribution in [1.82, 2.24) is 4.90 Å². The van der Waals surface area contributed by atoms with Gasteiger partial charge in [-0.1, -0.05) is 24.3 Å². The number of carbonyl (C=O) groups is 3. The highest BCUT2D eigenvalue weighted by atomic mass is 16.6. The fourth-order valence-electron chi connectivity index (χ4n) is 2.94. The standard InChI is InChI=1S/C21H18N2O6/c24-19(11-10-15-6-5-7-16(14-15)23(27)28)29-13-4-3-12-22-20(25)17-8-1-2-9-18(17)21(22)26/h1-2,5-11,14H,3-4,12-13H2. The van der Waals surface area contributed by atoms with Gasteiger partial charge in [0.05, 0.1) is 22.7 Å². The van der Waals surface area contributed by atoms with Crippen molar-refractivity contribution in [2.75, 3.05) is 13.2 Å². The van der Waals surface area contributed by atoms with Crippen LogP contribution in [0.25, 0.3) is 6.08 Å². The lowest BCUT2D eigenvalue weighted by atomic mass is 10.1. The van der Waals surface area contributed by atoms with Gasteiger partial charge >= 0.3 is 5.97 Å². The molecule has 0 radical (unpaired) electrons. The molecule has 0 bridgehead atoms. The Labute approximate surface area is 166 Å². The summed E-state index contributed by atoms with van der Waals surface area (Å²) in [6.07, 6.45) is 3.63. The highest BCUT2D eigenvalue weighted by Crippen LogP contribution is 2.22. The van der Waals surface area contributed by atoms with Crippen LogP contribution in [0.2, 0.25) is 0 Å². The number of hydrogen-bond donors (Lipinski definition) is 0. The fourth-order valence-corrected chi connectivity index (χ4v) is 2.94. The minimum Gasteiger partial charge on any atom is -0.463 e. The van der Waals surface area contributed by atoms with Crippen LogP contribution < -0.4 is 0 Å². The lowest BCUT2D eigenvalue weighted by Gasteiger charge is -2.13. The molecule has 0 saturated carbocycles. The number of unbranched alkanes of at least 4 members (excludes halogenated alkanes) is 1. The second kappa shape index (κ2) is 8.92. The van der Waals surface area contributed by atoms with E-state index >= 15 is 0 Å². The van der Waals surface area contributed by atoms with Crippen molar-refractivity contribution in [3.05, 3.63) is 81.4 Å². The summed E-state index contributed by atoms with van der Waals surface area (Å²) in [4.78, 5) is 47.6. The second-order valence-electron chi connectivity index (χ2n) is 6.37. The first-order chi connectivity index (χ1) is 14.0. The molecule has 2 aromatic carbocycles. The van der Waals surface area contributed by atoms with Crippen molar-refractivity contribution >= 4 is 29.5 Å². The topological polar surface area (TPSA) is 107 Å². The molecule has 8 nitrogen and oxygen atoms in total. The van der Waals surface area contributed by atoms with E-state index in [9.17, 15) is 24.5 Å². The Kier molecular flexibility index (Phi) is 6.13. The van der Waals surface area contributed by atoms with Crippen LogP contribution in [0.4, 0.5) is 5.69 Å². The van der Waals surface area contributed by atoms with Crippen LogP contribution in [0.1, 0.15) is 39.1 Å². The molecule has 0 N–H and O–H groups in total. The molecule has 0 spiro atoms. The first kappa shape index (κ1) is 19.9. The van der Waals surface area contributed by atoms with E-state index < -0.39 is 10.9 Å². The van der Waals surface area contributed by atoms with Crippen molar-refractivity contribution in [3.63, 3.8) is 0 Å². The first-order valence-corrected chi connectivity index (χ1v) is 9.02. The van der Waals surface area contributed by atoms with E-state index in [1.807, 2.05) is 0 Å². The molecule has 0 atom stereocenters. The Morgan fingerprint density at radius 2 is 1.72 bits per heavy atom. The molecular formula is C21H18N2O6. The van der Waals surface area contributed by atoms with Gasteiger partial charge in [-0.25, -0.2) is 4.79 Å². The smallest absolute Gasteiger partial charge is 0.330 e. The Hall–Kier alpha value is -3.81. The maximum absolute atomic E-state index is 12.2. The van der Waals surface area contributed by atoms with E-state index in [0.29, 0.717) is 29.5 Å². The fraction of sp³-hybridized carbons (Fsp3) is 0.190. The zero-order valence-electron chi connectivity index (χ0n) is 15.4. The second-order valence-corrected chi connectivity index (χ2v) is 6.37. The van der Waals surface area contributed by atoms with Crippen LogP contribution in [0, 0.1) is 10.1 Å². The summed E-state index contributed by atoms with van der Waals surface area (Å²) in [5, 5.41) is 10.7. The van der Waals surface area contributed by atoms with Crippen molar-refractivity contribution in [2.24, 2.45) is 0 Å². The molecule has 0 unspecified atom stereocenters. The number of ether oxygens (including phenoxy) is 1. The first-order valence-electron chi connectivity index (χ1n) is 9.02. The average molecular weight is 394 g/mol. The van der Waals surface area contributed by atoms with Crippen LogP contribution in [-0.4, -0.2) is 40.8 Å². The molecule has 0 fully saturated rings. The third-order valence-electron chi connectivity index (χ3n) is 4.39. The van der Waals surface area contributed by atoms with E-state index in [4.69, 9.17) is 4.74 Å². The van der Waals surface area contributed by atoms with Gasteiger partial charge in [-0.2, -0.15) is 0 Å². The summed E-state index contributed by atoms with van der Waals surface area (Å²) in [5.41, 5.74) is 1.28. The van der Waals surface area contributed by atoms with Gasteiger partial charge in [0.15, 0.2) is 0 Å². The zero-order chi connectivity index (χ0) is 20.8. The van der Waals surface area contributed by atoms with Crippen LogP contribution in [0.5, 0.6) is 0 Å². The predicted molar refractivity (Wildman–Crippen MR) is 104 cm³/mol. The van der Waals surface area contributed by atoms with Crippen molar-refractivity contribution in [3.8, 4) is 0 Å². The zero-order valence-corrected chi connectivity index (χ0v) is 15.4. The normalized spacial score (nSPS) is 13.0. The third-order valence-corrected chi connectivity index (χ3v) is 4.39. The molecule has 2 amide bonds. The van der Waals surface area contributed by atoms with Crippen molar-refractivity contribution < 1.29 is 24.0 Å². The van der Waals surface area contributed by atoms with E-state index in [-0.39, 0.29) is 30.7 Å². The summed E-state index contributed by atoms with van der Waals surface area (Å²) in [6, 6.07) is 12.6. The molecule has 29 heavy (non-hydrogen) atoms. The number of benzene rings is 2. The molecule has 1 heterocycles. The summed E-state index contributed by atoms with van der Waals surface area (Å²) in [6.45, 7) is 0.398. The Morgan fingerprint density at radius 1 is 1.03 bits per heavy atom. The van der Waals surface area contributed by atoms with Crippen LogP contribution >= 0.6 is 0 Å². The number of imide groups is 1. The molecule has 1 aliphatic heterocycles. The predicted octanol–water partition coefficient (Wildman–Crippen LogP) is 3.23. The average Bonchev–Trinajstić information content (AvgIpc) is 2.97. The van der Waals surface area contributed by atoms with E-state index in [2.05, 4.69) is 0 Å². The van der Waals surface area contributed by atoms with Gasteiger partial charge in [0.25, 0.3) is 17.5 Å². The molecule has 0 saturated heterocycles. The number of non-ortho nitro benzene ring substituents is 1. The quantitative estimate of drug-likeness (QED) is 0.170. The molecule has 148 valence electrons. The molecular weight excluding hydrogens is 376 g/mol. The van der Waals surface area contributed by atoms with Gasteiger partial charge < -0.3 is 4.74 Å². The van der Waals surface area contributed by atoms with Gasteiger partial charge in [-0.3, -0.25) is 24.6 Å². The number of rotatable bonds is 8. The SMILES string of the molecule is O=C(C=Cc1cccc([N+](=O)[O-])c1)OCCCCN1C(=O)c2ccccc2C1=O. The van der Waals surface area contributed by atoms with E-state index in [1.165, 1.54) is 35.3 Å². The highest BCUT2D eigenvalue weighted by Gasteiger charge is 2.34. The Balaban J connectivity index is 1.40. The van der Waals surface area contributed by atoms with Gasteiger partial charge in [0.1, 0.15) is 0 Å². The monoisotopic (exact) mass is 394 g/mol. The molecule has 3 rings (SSSR count). The molecule has 0 aromatic heterocycles. The molecule has 2 aromatic rings. The number of esters is 1. The number of nitro benzene ring substituents is 1. The third kappa shape index (κ3) is 4.73. The number of hydrogen-bond acceptors (Lipinski definition) is 6. The number of amides is 2. The number of nitrogens with zero attached hydrogens (tertiary/aromatic N) is 2. The summed E-state index contributed by atoms with van der Waals surface area (Å²) in [5.74, 6) is -1.18. The lowest BCUT2D eigenvalue weighted by molar-refractivity contribution is -0.384. The maximum Gasteiger partial charge on any atom is 0.330 e. The van der Waals surface area contributed by atoms with Crippen LogP contribution in [0.15, 0.2) is 54.6 Å².